The molecule has 252 valence electrons. The number of amidine groups is 1. The molecule has 6 rings (SSSR count). The average molecular weight is 651 g/mol. The van der Waals surface area contributed by atoms with Crippen molar-refractivity contribution in [2.75, 3.05) is 20.3 Å². The van der Waals surface area contributed by atoms with Crippen LogP contribution in [0.1, 0.15) is 16.7 Å². The highest BCUT2D eigenvalue weighted by Gasteiger charge is 2.63. The first-order valence-electron chi connectivity index (χ1n) is 15.7. The van der Waals surface area contributed by atoms with E-state index in [4.69, 9.17) is 28.4 Å². The van der Waals surface area contributed by atoms with Gasteiger partial charge in [0.25, 0.3) is 6.02 Å². The van der Waals surface area contributed by atoms with Gasteiger partial charge in [-0.05, 0) is 16.7 Å². The second-order valence-electron chi connectivity index (χ2n) is 12.0. The van der Waals surface area contributed by atoms with Crippen LogP contribution in [0.4, 0.5) is 0 Å². The highest BCUT2D eigenvalue weighted by atomic mass is 16.7. The van der Waals surface area contributed by atoms with Gasteiger partial charge < -0.3 is 54.2 Å². The van der Waals surface area contributed by atoms with E-state index >= 15 is 0 Å². The summed E-state index contributed by atoms with van der Waals surface area (Å²) in [6.45, 7) is 0.158. The van der Waals surface area contributed by atoms with Crippen molar-refractivity contribution >= 4 is 6.02 Å². The maximum absolute atomic E-state index is 11.0. The molecular weight excluding hydrogens is 608 g/mol. The fraction of sp³-hybridized carbons (Fsp3) is 0.457. The first-order valence-corrected chi connectivity index (χ1v) is 15.7. The van der Waals surface area contributed by atoms with E-state index in [1.807, 2.05) is 91.0 Å². The van der Waals surface area contributed by atoms with Crippen molar-refractivity contribution in [3.05, 3.63) is 108 Å². The van der Waals surface area contributed by atoms with Crippen LogP contribution in [0.3, 0.4) is 0 Å². The van der Waals surface area contributed by atoms with Gasteiger partial charge in [0.1, 0.15) is 42.2 Å². The third kappa shape index (κ3) is 7.36. The standard InChI is InChI=1S/C35H42N2O10/c1-42-33-30(45-19-24-15-9-4-10-16-24)28(44-18-23-13-7-3-8-14-23)26(25(46-33)20-43-17-22-11-5-2-6-12-22)36-34-37-31-29(47-34)27(39)32(40)35(31,41)21-38/h2-16,25-33,38-41H,17-21H2,1H3,(H,36,37)/t25-,26-,27-,28+,29-,30-,31-,32+,33+,35+/m1/s1. The Morgan fingerprint density at radius 1 is 0.809 bits per heavy atom. The third-order valence-corrected chi connectivity index (χ3v) is 8.90. The van der Waals surface area contributed by atoms with Crippen molar-refractivity contribution in [3.8, 4) is 0 Å². The number of hydrogen-bond donors (Lipinski definition) is 5. The van der Waals surface area contributed by atoms with Gasteiger partial charge in [0.2, 0.25) is 0 Å². The minimum atomic E-state index is -2.08. The van der Waals surface area contributed by atoms with Crippen LogP contribution < -0.4 is 5.32 Å². The van der Waals surface area contributed by atoms with Crippen molar-refractivity contribution in [2.24, 2.45) is 4.99 Å². The Balaban J connectivity index is 1.29. The van der Waals surface area contributed by atoms with Gasteiger partial charge in [0.05, 0.1) is 39.1 Å². The van der Waals surface area contributed by atoms with E-state index < -0.39 is 67.2 Å². The maximum atomic E-state index is 11.0. The largest absolute Gasteiger partial charge is 0.457 e. The highest BCUT2D eigenvalue weighted by Crippen LogP contribution is 2.39. The van der Waals surface area contributed by atoms with Crippen LogP contribution in [-0.2, 0) is 48.2 Å². The summed E-state index contributed by atoms with van der Waals surface area (Å²) in [5, 5.41) is 45.2. The number of rotatable bonds is 13. The summed E-state index contributed by atoms with van der Waals surface area (Å²) in [6.07, 6.45) is -7.12. The molecule has 0 radical (unpaired) electrons. The Morgan fingerprint density at radius 2 is 1.36 bits per heavy atom. The predicted molar refractivity (Wildman–Crippen MR) is 169 cm³/mol. The van der Waals surface area contributed by atoms with Crippen molar-refractivity contribution in [1.82, 2.24) is 5.32 Å². The minimum Gasteiger partial charge on any atom is -0.457 e. The van der Waals surface area contributed by atoms with E-state index in [0.29, 0.717) is 6.61 Å². The summed E-state index contributed by atoms with van der Waals surface area (Å²) in [7, 11) is 1.54. The molecule has 10 atom stereocenters. The number of nitrogens with zero attached hydrogens (tertiary/aromatic N) is 1. The van der Waals surface area contributed by atoms with Crippen LogP contribution in [0.2, 0.25) is 0 Å². The molecule has 47 heavy (non-hydrogen) atoms. The van der Waals surface area contributed by atoms with Gasteiger partial charge in [-0.1, -0.05) is 91.0 Å². The Hall–Kier alpha value is -3.43. The van der Waals surface area contributed by atoms with Crippen LogP contribution in [0, 0.1) is 0 Å². The van der Waals surface area contributed by atoms with Crippen LogP contribution in [0.5, 0.6) is 0 Å². The normalized spacial score (nSPS) is 33.2. The Kier molecular flexibility index (Phi) is 10.8. The topological polar surface area (TPSA) is 161 Å². The molecule has 0 aromatic heterocycles. The number of aliphatic hydroxyl groups excluding tert-OH is 3. The van der Waals surface area contributed by atoms with E-state index in [0.717, 1.165) is 16.7 Å². The van der Waals surface area contributed by atoms with E-state index in [1.165, 1.54) is 0 Å². The minimum absolute atomic E-state index is 0.00882. The van der Waals surface area contributed by atoms with Gasteiger partial charge in [-0.15, -0.1) is 0 Å². The highest BCUT2D eigenvalue weighted by molar-refractivity contribution is 5.77. The van der Waals surface area contributed by atoms with Crippen molar-refractivity contribution in [1.29, 1.82) is 0 Å². The fourth-order valence-electron chi connectivity index (χ4n) is 6.31. The Bertz CT molecular complexity index is 1430. The number of nitrogens with one attached hydrogen (secondary N) is 1. The van der Waals surface area contributed by atoms with E-state index in [-0.39, 0.29) is 25.8 Å². The second-order valence-corrected chi connectivity index (χ2v) is 12.0. The lowest BCUT2D eigenvalue weighted by Crippen LogP contribution is -2.66. The molecule has 2 fully saturated rings. The SMILES string of the molecule is CO[C@H]1O[C@H](COCc2ccccc2)[C@@H](NC2=N[C@@H]3[C@H](O2)[C@@H](O)[C@H](O)[C@]3(O)CO)[C@H](OCc2ccccc2)[C@H]1OCc1ccccc1. The zero-order valence-corrected chi connectivity index (χ0v) is 26.1. The molecule has 3 aliphatic rings. The number of aliphatic hydroxyl groups is 4. The van der Waals surface area contributed by atoms with Gasteiger partial charge in [-0.25, -0.2) is 4.99 Å². The van der Waals surface area contributed by atoms with Crippen LogP contribution in [-0.4, -0.2) is 107 Å². The quantitative estimate of drug-likeness (QED) is 0.181. The smallest absolute Gasteiger partial charge is 0.285 e. The van der Waals surface area contributed by atoms with Gasteiger partial charge in [-0.3, -0.25) is 0 Å². The molecule has 0 unspecified atom stereocenters. The molecule has 0 spiro atoms. The molecule has 3 aromatic rings. The van der Waals surface area contributed by atoms with Crippen molar-refractivity contribution in [2.45, 2.75) is 80.4 Å². The molecule has 2 aliphatic heterocycles. The third-order valence-electron chi connectivity index (χ3n) is 8.90. The fourth-order valence-corrected chi connectivity index (χ4v) is 6.31. The molecule has 5 N–H and O–H groups in total. The van der Waals surface area contributed by atoms with Crippen LogP contribution >= 0.6 is 0 Å². The zero-order valence-electron chi connectivity index (χ0n) is 26.1. The molecule has 1 saturated heterocycles. The summed E-state index contributed by atoms with van der Waals surface area (Å²) in [4.78, 5) is 4.47. The van der Waals surface area contributed by atoms with E-state index in [9.17, 15) is 20.4 Å². The summed E-state index contributed by atoms with van der Waals surface area (Å²) in [5.74, 6) is 0. The first kappa shape index (κ1) is 33.5. The second kappa shape index (κ2) is 15.2. The molecule has 1 saturated carbocycles. The van der Waals surface area contributed by atoms with Crippen molar-refractivity contribution in [3.63, 3.8) is 0 Å². The Morgan fingerprint density at radius 3 is 1.91 bits per heavy atom. The summed E-state index contributed by atoms with van der Waals surface area (Å²) >= 11 is 0. The molecule has 12 nitrogen and oxygen atoms in total. The monoisotopic (exact) mass is 650 g/mol. The first-order chi connectivity index (χ1) is 22.9. The van der Waals surface area contributed by atoms with Gasteiger partial charge in [-0.2, -0.15) is 0 Å². The number of aliphatic imine (C=N–C) groups is 1. The lowest BCUT2D eigenvalue weighted by Gasteiger charge is -2.46. The maximum Gasteiger partial charge on any atom is 0.285 e. The lowest BCUT2D eigenvalue weighted by molar-refractivity contribution is -0.294. The van der Waals surface area contributed by atoms with Gasteiger partial charge in [0, 0.05) is 7.11 Å². The predicted octanol–water partition coefficient (Wildman–Crippen LogP) is 1.29. The van der Waals surface area contributed by atoms with Gasteiger partial charge in [0.15, 0.2) is 12.4 Å². The van der Waals surface area contributed by atoms with Crippen molar-refractivity contribution < 1.29 is 48.8 Å². The summed E-state index contributed by atoms with van der Waals surface area (Å²) < 4.78 is 37.5. The molecular formula is C35H42N2O10. The van der Waals surface area contributed by atoms with Crippen LogP contribution in [0.15, 0.2) is 96.0 Å². The number of fused-ring (bicyclic) bond motifs is 1. The number of benzene rings is 3. The molecule has 0 amide bonds. The lowest BCUT2D eigenvalue weighted by atomic mass is 9.95. The molecule has 2 heterocycles. The Labute approximate surface area is 273 Å². The van der Waals surface area contributed by atoms with Gasteiger partial charge >= 0.3 is 0 Å². The summed E-state index contributed by atoms with van der Waals surface area (Å²) in [6, 6.07) is 27.4. The number of hydrogen-bond acceptors (Lipinski definition) is 12. The molecule has 3 aromatic carbocycles. The number of methoxy groups -OCH3 is 1. The average Bonchev–Trinajstić information content (AvgIpc) is 3.61. The van der Waals surface area contributed by atoms with E-state index in [2.05, 4.69) is 10.3 Å². The zero-order chi connectivity index (χ0) is 32.8. The molecule has 1 aliphatic carbocycles. The van der Waals surface area contributed by atoms with Crippen LogP contribution in [0.25, 0.3) is 0 Å². The summed E-state index contributed by atoms with van der Waals surface area (Å²) in [5.41, 5.74) is 0.804. The van der Waals surface area contributed by atoms with E-state index in [1.54, 1.807) is 7.11 Å². The number of ether oxygens (including phenoxy) is 6. The molecule has 0 bridgehead atoms. The molecule has 12 heteroatoms.